The van der Waals surface area contributed by atoms with Crippen molar-refractivity contribution in [3.63, 3.8) is 0 Å². The lowest BCUT2D eigenvalue weighted by Crippen LogP contribution is -2.12. The van der Waals surface area contributed by atoms with E-state index in [1.165, 1.54) is 25.7 Å². The van der Waals surface area contributed by atoms with Crippen LogP contribution in [0.5, 0.6) is 0 Å². The fraction of sp³-hybridized carbons (Fsp3) is 0.933. The Morgan fingerprint density at radius 3 is 1.44 bits per heavy atom. The van der Waals surface area contributed by atoms with Gasteiger partial charge in [-0.25, -0.2) is 0 Å². The fourth-order valence-electron chi connectivity index (χ4n) is 2.44. The van der Waals surface area contributed by atoms with Crippen molar-refractivity contribution in [2.45, 2.75) is 79.1 Å². The first-order chi connectivity index (χ1) is 7.67. The summed E-state index contributed by atoms with van der Waals surface area (Å²) in [5, 5.41) is 0. The van der Waals surface area contributed by atoms with E-state index in [9.17, 15) is 4.79 Å². The molecule has 2 atom stereocenters. The molecule has 96 valence electrons. The van der Waals surface area contributed by atoms with Crippen LogP contribution in [0.15, 0.2) is 0 Å². The molecule has 1 nitrogen and oxygen atoms in total. The smallest absolute Gasteiger partial charge is 0.133 e. The molecule has 0 spiro atoms. The predicted octanol–water partition coefficient (Wildman–Crippen LogP) is 4.99. The van der Waals surface area contributed by atoms with Crippen LogP contribution in [0.3, 0.4) is 0 Å². The molecule has 0 aliphatic carbocycles. The summed E-state index contributed by atoms with van der Waals surface area (Å²) in [5.41, 5.74) is 0. The normalized spacial score (nSPS) is 14.8. The number of hydrogen-bond acceptors (Lipinski definition) is 1. The van der Waals surface area contributed by atoms with E-state index in [4.69, 9.17) is 0 Å². The predicted molar refractivity (Wildman–Crippen MR) is 71.6 cm³/mol. The fourth-order valence-corrected chi connectivity index (χ4v) is 2.44. The maximum absolute atomic E-state index is 11.9. The van der Waals surface area contributed by atoms with Crippen molar-refractivity contribution in [3.05, 3.63) is 0 Å². The maximum Gasteiger partial charge on any atom is 0.133 e. The van der Waals surface area contributed by atoms with E-state index in [-0.39, 0.29) is 0 Å². The van der Waals surface area contributed by atoms with Crippen molar-refractivity contribution in [1.29, 1.82) is 0 Å². The molecule has 1 heteroatoms. The van der Waals surface area contributed by atoms with Crippen molar-refractivity contribution >= 4 is 5.78 Å². The molecular formula is C15H30O. The second-order valence-electron chi connectivity index (χ2n) is 5.07. The molecule has 0 heterocycles. The Hall–Kier alpha value is -0.330. The van der Waals surface area contributed by atoms with Crippen LogP contribution in [0.1, 0.15) is 79.1 Å². The van der Waals surface area contributed by atoms with Crippen molar-refractivity contribution in [1.82, 2.24) is 0 Å². The standard InChI is InChI=1S/C15H30O/c1-5-9-13(7-3)11-15(16)12-14(8-4)10-6-2/h13-14H,5-12H2,1-4H3. The third-order valence-electron chi connectivity index (χ3n) is 3.58. The molecule has 0 amide bonds. The molecule has 0 saturated carbocycles. The number of carbonyl (C=O) groups is 1. The van der Waals surface area contributed by atoms with Crippen LogP contribution in [0.25, 0.3) is 0 Å². The molecule has 0 aliphatic rings. The minimum atomic E-state index is 0.501. The molecule has 0 aromatic carbocycles. The van der Waals surface area contributed by atoms with Crippen LogP contribution in [-0.2, 0) is 4.79 Å². The summed E-state index contributed by atoms with van der Waals surface area (Å²) < 4.78 is 0. The Morgan fingerprint density at radius 2 is 1.19 bits per heavy atom. The molecule has 0 saturated heterocycles. The molecular weight excluding hydrogens is 196 g/mol. The number of rotatable bonds is 10. The van der Waals surface area contributed by atoms with Crippen LogP contribution < -0.4 is 0 Å². The molecule has 0 fully saturated rings. The highest BCUT2D eigenvalue weighted by atomic mass is 16.1. The zero-order valence-corrected chi connectivity index (χ0v) is 11.7. The summed E-state index contributed by atoms with van der Waals surface area (Å²) in [5.74, 6) is 1.77. The average Bonchev–Trinajstić information content (AvgIpc) is 2.27. The highest BCUT2D eigenvalue weighted by Crippen LogP contribution is 2.21. The lowest BCUT2D eigenvalue weighted by Gasteiger charge is -2.16. The molecule has 0 aromatic rings. The Labute approximate surface area is 102 Å². The zero-order chi connectivity index (χ0) is 12.4. The van der Waals surface area contributed by atoms with E-state index in [1.807, 2.05) is 0 Å². The van der Waals surface area contributed by atoms with Crippen LogP contribution in [-0.4, -0.2) is 5.78 Å². The number of carbonyl (C=O) groups excluding carboxylic acids is 1. The molecule has 0 rings (SSSR count). The van der Waals surface area contributed by atoms with Gasteiger partial charge in [0.2, 0.25) is 0 Å². The van der Waals surface area contributed by atoms with E-state index in [0.29, 0.717) is 17.6 Å². The molecule has 2 unspecified atom stereocenters. The maximum atomic E-state index is 11.9. The molecule has 0 N–H and O–H groups in total. The average molecular weight is 226 g/mol. The second-order valence-corrected chi connectivity index (χ2v) is 5.07. The quantitative estimate of drug-likeness (QED) is 0.513. The van der Waals surface area contributed by atoms with Crippen molar-refractivity contribution in [3.8, 4) is 0 Å². The first-order valence-electron chi connectivity index (χ1n) is 7.19. The summed E-state index contributed by atoms with van der Waals surface area (Å²) in [6.07, 6.45) is 8.80. The third-order valence-corrected chi connectivity index (χ3v) is 3.58. The summed E-state index contributed by atoms with van der Waals surface area (Å²) in [6, 6.07) is 0. The van der Waals surface area contributed by atoms with Gasteiger partial charge in [0, 0.05) is 12.8 Å². The van der Waals surface area contributed by atoms with Gasteiger partial charge < -0.3 is 0 Å². The topological polar surface area (TPSA) is 17.1 Å². The van der Waals surface area contributed by atoms with Crippen LogP contribution in [0.4, 0.5) is 0 Å². The van der Waals surface area contributed by atoms with Gasteiger partial charge in [0.25, 0.3) is 0 Å². The van der Waals surface area contributed by atoms with Crippen molar-refractivity contribution in [2.75, 3.05) is 0 Å². The summed E-state index contributed by atoms with van der Waals surface area (Å²) >= 11 is 0. The Morgan fingerprint density at radius 1 is 0.812 bits per heavy atom. The van der Waals surface area contributed by atoms with Gasteiger partial charge >= 0.3 is 0 Å². The van der Waals surface area contributed by atoms with E-state index in [2.05, 4.69) is 27.7 Å². The zero-order valence-electron chi connectivity index (χ0n) is 11.7. The SMILES string of the molecule is CCCC(CC)CC(=O)CC(CC)CCC. The van der Waals surface area contributed by atoms with Crippen LogP contribution in [0, 0.1) is 11.8 Å². The number of ketones is 1. The largest absolute Gasteiger partial charge is 0.300 e. The Balaban J connectivity index is 3.93. The molecule has 16 heavy (non-hydrogen) atoms. The van der Waals surface area contributed by atoms with E-state index < -0.39 is 0 Å². The first-order valence-corrected chi connectivity index (χ1v) is 7.19. The van der Waals surface area contributed by atoms with Gasteiger partial charge in [0.05, 0.1) is 0 Å². The van der Waals surface area contributed by atoms with Crippen LogP contribution in [0.2, 0.25) is 0 Å². The van der Waals surface area contributed by atoms with Gasteiger partial charge in [-0.05, 0) is 11.8 Å². The van der Waals surface area contributed by atoms with Crippen molar-refractivity contribution in [2.24, 2.45) is 11.8 Å². The third kappa shape index (κ3) is 7.03. The van der Waals surface area contributed by atoms with Crippen molar-refractivity contribution < 1.29 is 4.79 Å². The van der Waals surface area contributed by atoms with Gasteiger partial charge in [0.1, 0.15) is 5.78 Å². The number of hydrogen-bond donors (Lipinski definition) is 0. The molecule has 0 aliphatic heterocycles. The lowest BCUT2D eigenvalue weighted by atomic mass is 9.88. The van der Waals surface area contributed by atoms with Gasteiger partial charge in [-0.15, -0.1) is 0 Å². The van der Waals surface area contributed by atoms with Gasteiger partial charge in [0.15, 0.2) is 0 Å². The van der Waals surface area contributed by atoms with E-state index in [1.54, 1.807) is 0 Å². The summed E-state index contributed by atoms with van der Waals surface area (Å²) in [6.45, 7) is 8.83. The molecule has 0 aromatic heterocycles. The molecule has 0 radical (unpaired) electrons. The highest BCUT2D eigenvalue weighted by molar-refractivity contribution is 5.78. The van der Waals surface area contributed by atoms with Gasteiger partial charge in [-0.3, -0.25) is 4.79 Å². The lowest BCUT2D eigenvalue weighted by molar-refractivity contribution is -0.121. The minimum Gasteiger partial charge on any atom is -0.300 e. The molecule has 0 bridgehead atoms. The van der Waals surface area contributed by atoms with Gasteiger partial charge in [-0.1, -0.05) is 66.2 Å². The van der Waals surface area contributed by atoms with Gasteiger partial charge in [-0.2, -0.15) is 0 Å². The monoisotopic (exact) mass is 226 g/mol. The summed E-state index contributed by atoms with van der Waals surface area (Å²) in [4.78, 5) is 11.9. The second kappa shape index (κ2) is 9.86. The minimum absolute atomic E-state index is 0.501. The first kappa shape index (κ1) is 15.7. The Kier molecular flexibility index (Phi) is 9.66. The summed E-state index contributed by atoms with van der Waals surface area (Å²) in [7, 11) is 0. The number of Topliss-reactive ketones (excluding diaryl/α,β-unsaturated/α-hetero) is 1. The van der Waals surface area contributed by atoms with E-state index in [0.717, 1.165) is 25.7 Å². The Bertz CT molecular complexity index is 156. The van der Waals surface area contributed by atoms with E-state index >= 15 is 0 Å². The van der Waals surface area contributed by atoms with Crippen LogP contribution >= 0.6 is 0 Å². The highest BCUT2D eigenvalue weighted by Gasteiger charge is 2.15.